The van der Waals surface area contributed by atoms with E-state index in [0.717, 1.165) is 10.8 Å². The number of hydrogen-bond donors (Lipinski definition) is 5. The number of likely N-dealkylation sites (N-methyl/N-ethyl adjacent to an activating group) is 1. The average molecular weight is 606 g/mol. The van der Waals surface area contributed by atoms with Gasteiger partial charge in [-0.2, -0.15) is 4.98 Å². The van der Waals surface area contributed by atoms with Gasteiger partial charge in [0.1, 0.15) is 31.5 Å². The van der Waals surface area contributed by atoms with Gasteiger partial charge in [-0.1, -0.05) is 20.8 Å². The Morgan fingerprint density at radius 3 is 2.21 bits per heavy atom. The third kappa shape index (κ3) is 12.4. The monoisotopic (exact) mass is 605 g/mol. The summed E-state index contributed by atoms with van der Waals surface area (Å²) in [6, 6.07) is 1.17. The number of nitrogens with zero attached hydrogens (tertiary/aromatic N) is 4. The summed E-state index contributed by atoms with van der Waals surface area (Å²) in [6.45, 7) is 9.20. The molecule has 6 atom stereocenters. The normalized spacial score (nSPS) is 24.5. The lowest BCUT2D eigenvalue weighted by Gasteiger charge is -2.28. The first kappa shape index (κ1) is 35.7. The number of rotatable bonds is 14. The van der Waals surface area contributed by atoms with Gasteiger partial charge in [0.25, 0.3) is 7.82 Å². The summed E-state index contributed by atoms with van der Waals surface area (Å²) in [6.07, 6.45) is -5.12. The zero-order chi connectivity index (χ0) is 30.0. The molecule has 1 saturated heterocycles. The molecule has 228 valence electrons. The van der Waals surface area contributed by atoms with Gasteiger partial charge in [0.05, 0.1) is 27.7 Å². The molecule has 0 amide bonds. The molecule has 2 unspecified atom stereocenters. The van der Waals surface area contributed by atoms with Crippen molar-refractivity contribution in [1.29, 1.82) is 0 Å². The molecule has 1 aromatic heterocycles. The fourth-order valence-corrected chi connectivity index (χ4v) is 5.23. The fraction of sp³-hybridized carbons (Fsp3) is 0.800. The Kier molecular flexibility index (Phi) is 14.3. The highest BCUT2D eigenvalue weighted by molar-refractivity contribution is 7.60. The maximum absolute atomic E-state index is 12.0. The predicted octanol–water partition coefficient (Wildman–Crippen LogP) is -0.663. The van der Waals surface area contributed by atoms with E-state index in [1.807, 2.05) is 0 Å². The Bertz CT molecular complexity index is 1030. The molecule has 0 aliphatic carbocycles. The minimum atomic E-state index is -5.20. The van der Waals surface area contributed by atoms with Gasteiger partial charge < -0.3 is 38.6 Å². The van der Waals surface area contributed by atoms with E-state index in [1.165, 1.54) is 25.7 Å². The van der Waals surface area contributed by atoms with Crippen molar-refractivity contribution < 1.29 is 56.9 Å². The molecule has 1 aliphatic heterocycles. The van der Waals surface area contributed by atoms with E-state index in [4.69, 9.17) is 9.94 Å². The quantitative estimate of drug-likeness (QED) is 0.101. The van der Waals surface area contributed by atoms with Crippen LogP contribution in [0.15, 0.2) is 17.1 Å². The average Bonchev–Trinajstić information content (AvgIpc) is 3.11. The van der Waals surface area contributed by atoms with Crippen LogP contribution >= 0.6 is 15.6 Å². The molecule has 0 spiro atoms. The number of quaternary nitrogens is 1. The molecule has 1 aliphatic rings. The van der Waals surface area contributed by atoms with Crippen molar-refractivity contribution in [2.24, 2.45) is 0 Å². The number of aromatic nitrogens is 2. The van der Waals surface area contributed by atoms with Crippen LogP contribution < -0.4 is 16.1 Å². The van der Waals surface area contributed by atoms with Gasteiger partial charge in [-0.3, -0.25) is 24.3 Å². The summed E-state index contributed by atoms with van der Waals surface area (Å²) >= 11 is 0. The largest absolute Gasteiger partial charge is 0.756 e. The molecular weight excluding hydrogens is 564 g/mol. The minimum Gasteiger partial charge on any atom is -0.756 e. The fourth-order valence-electron chi connectivity index (χ4n) is 3.20. The predicted molar refractivity (Wildman–Crippen MR) is 137 cm³/mol. The molecule has 2 rings (SSSR count). The van der Waals surface area contributed by atoms with Crippen LogP contribution in [0.5, 0.6) is 0 Å². The molecule has 1 aromatic rings. The van der Waals surface area contributed by atoms with Crippen molar-refractivity contribution in [3.05, 3.63) is 22.7 Å². The van der Waals surface area contributed by atoms with Crippen LogP contribution in [0.4, 0.5) is 5.82 Å². The molecule has 0 radical (unpaired) electrons. The summed E-state index contributed by atoms with van der Waals surface area (Å²) in [7, 11) is -5.07. The van der Waals surface area contributed by atoms with Crippen LogP contribution in [0.1, 0.15) is 27.0 Å². The lowest BCUT2D eigenvalue weighted by Crippen LogP contribution is -2.37. The Morgan fingerprint density at radius 1 is 1.15 bits per heavy atom. The zero-order valence-electron chi connectivity index (χ0n) is 22.9. The highest BCUT2D eigenvalue weighted by atomic mass is 31.3. The number of aliphatic hydroxyl groups is 2. The van der Waals surface area contributed by atoms with E-state index < -0.39 is 52.5 Å². The topological polar surface area (TPSA) is 225 Å². The van der Waals surface area contributed by atoms with Gasteiger partial charge in [-0.15, -0.1) is 0 Å². The molecular formula is C20H41N5O12P2. The Labute approximate surface area is 227 Å². The van der Waals surface area contributed by atoms with Gasteiger partial charge in [0, 0.05) is 6.20 Å². The third-order valence-corrected chi connectivity index (χ3v) is 8.11. The number of phosphoric acid groups is 2. The number of phosphoric ester groups is 2. The first-order valence-corrected chi connectivity index (χ1v) is 15.1. The van der Waals surface area contributed by atoms with Gasteiger partial charge in [0.15, 0.2) is 12.0 Å². The van der Waals surface area contributed by atoms with E-state index in [1.54, 1.807) is 26.6 Å². The number of anilines is 1. The molecule has 0 saturated carbocycles. The van der Waals surface area contributed by atoms with Gasteiger partial charge in [0.2, 0.25) is 0 Å². The van der Waals surface area contributed by atoms with Crippen molar-refractivity contribution in [3.8, 4) is 0 Å². The second kappa shape index (κ2) is 15.6. The highest BCUT2D eigenvalue weighted by Gasteiger charge is 2.45. The number of hydrogen-bond acceptors (Lipinski definition) is 14. The second-order valence-electron chi connectivity index (χ2n) is 9.42. The van der Waals surface area contributed by atoms with E-state index in [2.05, 4.69) is 44.0 Å². The van der Waals surface area contributed by atoms with Crippen LogP contribution in [0.3, 0.4) is 0 Å². The van der Waals surface area contributed by atoms with E-state index in [9.17, 15) is 33.9 Å². The van der Waals surface area contributed by atoms with Crippen LogP contribution in [0.2, 0.25) is 0 Å². The molecule has 39 heavy (non-hydrogen) atoms. The molecule has 17 nitrogen and oxygen atoms in total. The zero-order valence-corrected chi connectivity index (χ0v) is 24.7. The first-order chi connectivity index (χ1) is 18.0. The maximum Gasteiger partial charge on any atom is 0.478 e. The van der Waals surface area contributed by atoms with Crippen LogP contribution in [-0.4, -0.2) is 118 Å². The number of aliphatic hydroxyl groups excluding tert-OH is 2. The van der Waals surface area contributed by atoms with Crippen LogP contribution in [0, 0.1) is 0 Å². The van der Waals surface area contributed by atoms with Crippen molar-refractivity contribution in [3.63, 3.8) is 0 Å². The van der Waals surface area contributed by atoms with Gasteiger partial charge >= 0.3 is 13.5 Å². The van der Waals surface area contributed by atoms with Crippen molar-refractivity contribution in [2.45, 2.75) is 45.3 Å². The maximum atomic E-state index is 12.0. The van der Waals surface area contributed by atoms with Gasteiger partial charge in [-0.25, -0.2) is 13.7 Å². The molecule has 0 bridgehead atoms. The van der Waals surface area contributed by atoms with Crippen molar-refractivity contribution in [2.75, 3.05) is 66.0 Å². The summed E-state index contributed by atoms with van der Waals surface area (Å²) in [4.78, 5) is 39.2. The SMILES string of the molecule is CCN(CC)CC.C[N+](C)(C)CCOP(=O)([O-])OP(=O)(O)OC[C@H]1O[C@@H](n2ccc(NO)nc2=O)[C@H](O)[C@@H]1O. The first-order valence-electron chi connectivity index (χ1n) is 12.2. The Morgan fingerprint density at radius 2 is 1.74 bits per heavy atom. The summed E-state index contributed by atoms with van der Waals surface area (Å²) in [5.41, 5.74) is 0.713. The Balaban J connectivity index is 0.000000956. The molecule has 0 aromatic carbocycles. The van der Waals surface area contributed by atoms with Crippen molar-refractivity contribution in [1.82, 2.24) is 14.5 Å². The third-order valence-electron chi connectivity index (χ3n) is 5.51. The minimum absolute atomic E-state index is 0.178. The molecule has 2 heterocycles. The van der Waals surface area contributed by atoms with Crippen molar-refractivity contribution >= 4 is 21.5 Å². The van der Waals surface area contributed by atoms with E-state index >= 15 is 0 Å². The second-order valence-corrected chi connectivity index (χ2v) is 12.4. The highest BCUT2D eigenvalue weighted by Crippen LogP contribution is 2.58. The molecule has 1 fully saturated rings. The summed E-state index contributed by atoms with van der Waals surface area (Å²) in [5, 5.41) is 29.0. The smallest absolute Gasteiger partial charge is 0.478 e. The van der Waals surface area contributed by atoms with Crippen LogP contribution in [-0.2, 0) is 27.2 Å². The summed E-state index contributed by atoms with van der Waals surface area (Å²) < 4.78 is 43.3. The Hall–Kier alpha value is -1.30. The van der Waals surface area contributed by atoms with E-state index in [0.29, 0.717) is 4.48 Å². The van der Waals surface area contributed by atoms with E-state index in [-0.39, 0.29) is 19.0 Å². The summed E-state index contributed by atoms with van der Waals surface area (Å²) in [5.74, 6) is -0.178. The molecule has 19 heteroatoms. The molecule has 5 N–H and O–H groups in total. The van der Waals surface area contributed by atoms with Gasteiger partial charge in [-0.05, 0) is 25.7 Å². The number of nitrogens with one attached hydrogen (secondary N) is 1. The standard InChI is InChI=1S/C14H26N4O12P2.C6H15N/c1-18(2,3)6-7-27-31(23,24)30-32(25,26)28-8-9-11(19)12(20)13(29-9)17-5-4-10(16-22)15-14(17)21;1-4-7(5-2)6-3/h4-5,9,11-13,19-20H,6-8H2,1-3H3,(H3-,15,16,21,22,23,24,25,26);4-6H2,1-3H3/t9-,11-,12-,13-;/m1./s1. The lowest BCUT2D eigenvalue weighted by atomic mass is 10.1. The number of ether oxygens (including phenoxy) is 1. The van der Waals surface area contributed by atoms with Crippen LogP contribution in [0.25, 0.3) is 0 Å². The lowest BCUT2D eigenvalue weighted by molar-refractivity contribution is -0.870.